The molecule has 0 aliphatic carbocycles. The molecule has 5 N–H and O–H groups in total. The summed E-state index contributed by atoms with van der Waals surface area (Å²) in [7, 11) is 8.00. The van der Waals surface area contributed by atoms with E-state index in [0.29, 0.717) is 42.8 Å². The number of halogens is 1. The first kappa shape index (κ1) is 60.6. The quantitative estimate of drug-likeness (QED) is 0.158. The van der Waals surface area contributed by atoms with Crippen molar-refractivity contribution in [3.8, 4) is 0 Å². The van der Waals surface area contributed by atoms with Gasteiger partial charge in [-0.15, -0.1) is 5.10 Å². The van der Waals surface area contributed by atoms with Crippen LogP contribution in [0.4, 0.5) is 4.39 Å². The molecule has 416 valence electrons. The van der Waals surface area contributed by atoms with Crippen LogP contribution in [-0.2, 0) is 44.4 Å². The molecular formula is C53H88FN5O14. The minimum Gasteiger partial charge on any atom is -0.465 e. The molecule has 73 heavy (non-hydrogen) atoms. The number of esters is 2. The Morgan fingerprint density at radius 1 is 0.986 bits per heavy atom. The minimum absolute atomic E-state index is 0.163. The predicted octanol–water partition coefficient (Wildman–Crippen LogP) is 4.06. The first-order chi connectivity index (χ1) is 34.2. The highest BCUT2D eigenvalue weighted by Gasteiger charge is 2.55. The molecule has 20 heteroatoms. The molecule has 0 amide bonds. The van der Waals surface area contributed by atoms with Crippen LogP contribution in [0.2, 0.25) is 0 Å². The van der Waals surface area contributed by atoms with E-state index in [4.69, 9.17) is 33.2 Å². The highest BCUT2D eigenvalue weighted by atomic mass is 19.1. The molecule has 0 saturated carbocycles. The number of alkyl halides is 1. The van der Waals surface area contributed by atoms with Crippen molar-refractivity contribution in [2.45, 2.75) is 197 Å². The second-order valence-corrected chi connectivity index (χ2v) is 22.2. The van der Waals surface area contributed by atoms with Crippen LogP contribution in [0.3, 0.4) is 0 Å². The molecule has 19 nitrogen and oxygen atoms in total. The van der Waals surface area contributed by atoms with E-state index in [0.717, 1.165) is 0 Å². The van der Waals surface area contributed by atoms with E-state index >= 15 is 0 Å². The molecule has 1 aromatic carbocycles. The molecule has 1 unspecified atom stereocenters. The Balaban J connectivity index is 1.45. The zero-order valence-electron chi connectivity index (χ0n) is 45.9. The summed E-state index contributed by atoms with van der Waals surface area (Å²) in [6.45, 7) is 17.7. The van der Waals surface area contributed by atoms with E-state index < -0.39 is 133 Å². The van der Waals surface area contributed by atoms with Crippen molar-refractivity contribution < 1.29 is 72.7 Å². The molecule has 5 rings (SSSR count). The number of methoxy groups -OCH3 is 3. The minimum atomic E-state index is -1.84. The Kier molecular flexibility index (Phi) is 21.0. The Hall–Kier alpha value is -3.25. The maximum atomic E-state index is 14.8. The lowest BCUT2D eigenvalue weighted by Gasteiger charge is -2.51. The number of aliphatic hydroxyl groups excluding tert-OH is 3. The lowest BCUT2D eigenvalue weighted by molar-refractivity contribution is -0.302. The normalized spacial score (nSPS) is 39.5. The summed E-state index contributed by atoms with van der Waals surface area (Å²) in [6, 6.07) is 4.61. The van der Waals surface area contributed by atoms with E-state index in [2.05, 4.69) is 10.3 Å². The molecule has 3 fully saturated rings. The first-order valence-electron chi connectivity index (χ1n) is 26.0. The van der Waals surface area contributed by atoms with Gasteiger partial charge in [-0.2, -0.15) is 0 Å². The number of nitrogens with zero attached hydrogens (tertiary/aromatic N) is 5. The lowest BCUT2D eigenvalue weighted by atomic mass is 9.68. The van der Waals surface area contributed by atoms with Gasteiger partial charge in [-0.05, 0) is 104 Å². The van der Waals surface area contributed by atoms with Crippen LogP contribution in [0.5, 0.6) is 0 Å². The number of carbonyl (C=O) groups is 2. The van der Waals surface area contributed by atoms with Crippen molar-refractivity contribution in [3.63, 3.8) is 0 Å². The summed E-state index contributed by atoms with van der Waals surface area (Å²) in [5.41, 5.74) is -2.98. The van der Waals surface area contributed by atoms with Crippen molar-refractivity contribution in [1.82, 2.24) is 24.8 Å². The fraction of sp³-hybridized carbons (Fsp3) is 0.811. The second-order valence-electron chi connectivity index (χ2n) is 22.2. The SMILES string of the molecule is CC[C@H]1OC(=O)[C@H](C)C([C@H]2C[C@@](C)(OC)[C@@H](O)[C@H](C)O2)[C@H](C)[C@@H](O[C@@H]2O[C@H](C)C[C@H](N(C)CCc3cn([C@H](CF)[C@H](OC)c4ccc(C(=O)OC)cc4)nn3)[C@H]2O)[C@](C)(O)C[C@@H](C)CN(C)[C@H](C)[C@@H](O)[C@]1(C)O. The number of aromatic nitrogens is 3. The first-order valence-corrected chi connectivity index (χ1v) is 26.0. The van der Waals surface area contributed by atoms with Gasteiger partial charge in [0, 0.05) is 64.3 Å². The van der Waals surface area contributed by atoms with Crippen LogP contribution >= 0.6 is 0 Å². The summed E-state index contributed by atoms with van der Waals surface area (Å²) < 4.78 is 58.9. The summed E-state index contributed by atoms with van der Waals surface area (Å²) in [4.78, 5) is 30.5. The number of benzene rings is 1. The topological polar surface area (TPSA) is 237 Å². The predicted molar refractivity (Wildman–Crippen MR) is 268 cm³/mol. The summed E-state index contributed by atoms with van der Waals surface area (Å²) >= 11 is 0. The third kappa shape index (κ3) is 13.7. The summed E-state index contributed by atoms with van der Waals surface area (Å²) in [5, 5.41) is 68.8. The summed E-state index contributed by atoms with van der Waals surface area (Å²) in [6.07, 6.45) is -6.55. The summed E-state index contributed by atoms with van der Waals surface area (Å²) in [5.74, 6) is -3.79. The van der Waals surface area contributed by atoms with Crippen molar-refractivity contribution >= 4 is 11.9 Å². The van der Waals surface area contributed by atoms with Gasteiger partial charge in [0.15, 0.2) is 6.29 Å². The average molecular weight is 1040 g/mol. The molecule has 2 aromatic rings. The van der Waals surface area contributed by atoms with Crippen molar-refractivity contribution in [1.29, 1.82) is 0 Å². The van der Waals surface area contributed by atoms with Gasteiger partial charge >= 0.3 is 11.9 Å². The van der Waals surface area contributed by atoms with Gasteiger partial charge in [-0.1, -0.05) is 45.0 Å². The highest BCUT2D eigenvalue weighted by Crippen LogP contribution is 2.45. The lowest BCUT2D eigenvalue weighted by Crippen LogP contribution is -2.62. The molecular weight excluding hydrogens is 950 g/mol. The molecule has 20 atom stereocenters. The van der Waals surface area contributed by atoms with Gasteiger partial charge in [0.1, 0.15) is 48.8 Å². The number of likely N-dealkylation sites (N-methyl/N-ethyl adjacent to an activating group) is 2. The largest absolute Gasteiger partial charge is 0.465 e. The van der Waals surface area contributed by atoms with Gasteiger partial charge in [0.05, 0.1) is 59.9 Å². The molecule has 4 heterocycles. The Morgan fingerprint density at radius 3 is 2.23 bits per heavy atom. The van der Waals surface area contributed by atoms with Crippen LogP contribution in [0.1, 0.15) is 129 Å². The van der Waals surface area contributed by atoms with Crippen LogP contribution in [0.25, 0.3) is 0 Å². The van der Waals surface area contributed by atoms with Gasteiger partial charge in [0.2, 0.25) is 0 Å². The number of cyclic esters (lactones) is 1. The van der Waals surface area contributed by atoms with Gasteiger partial charge in [0.25, 0.3) is 0 Å². The van der Waals surface area contributed by atoms with E-state index in [1.165, 1.54) is 32.9 Å². The highest BCUT2D eigenvalue weighted by molar-refractivity contribution is 5.89. The van der Waals surface area contributed by atoms with Crippen molar-refractivity contribution in [3.05, 3.63) is 47.3 Å². The molecule has 0 bridgehead atoms. The Bertz CT molecular complexity index is 2070. The molecule has 3 aliphatic rings. The number of aliphatic hydroxyl groups is 5. The molecule has 0 spiro atoms. The van der Waals surface area contributed by atoms with Crippen LogP contribution in [0.15, 0.2) is 30.5 Å². The number of carbonyl (C=O) groups excluding carboxylic acids is 2. The van der Waals surface area contributed by atoms with E-state index in [1.54, 1.807) is 72.0 Å². The number of rotatable bonds is 15. The Labute approximate surface area is 431 Å². The molecule has 3 saturated heterocycles. The van der Waals surface area contributed by atoms with Crippen molar-refractivity contribution in [2.75, 3.05) is 55.2 Å². The van der Waals surface area contributed by atoms with Crippen LogP contribution in [0, 0.1) is 23.7 Å². The molecule has 0 radical (unpaired) electrons. The van der Waals surface area contributed by atoms with Gasteiger partial charge in [-0.3, -0.25) is 4.79 Å². The number of hydrogen-bond acceptors (Lipinski definition) is 18. The number of hydrogen-bond donors (Lipinski definition) is 5. The number of ether oxygens (including phenoxy) is 7. The van der Waals surface area contributed by atoms with Crippen molar-refractivity contribution in [2.24, 2.45) is 23.7 Å². The maximum Gasteiger partial charge on any atom is 0.337 e. The maximum absolute atomic E-state index is 14.8. The average Bonchev–Trinajstić information content (AvgIpc) is 3.82. The monoisotopic (exact) mass is 1040 g/mol. The van der Waals surface area contributed by atoms with Gasteiger partial charge < -0.3 is 68.5 Å². The Morgan fingerprint density at radius 2 is 1.64 bits per heavy atom. The smallest absolute Gasteiger partial charge is 0.337 e. The standard InChI is InChI=1S/C53H88FN5O14/c1-16-41-53(10,66)45(61)33(6)58(12)27-29(2)24-51(8,65)47(31(4)42(32(5)48(63)72-41)40-25-52(9,69-15)46(62)34(7)71-40)73-50-43(60)38(23-30(3)70-50)57(11)22-21-37-28-59(56-55-37)39(26-54)44(67-13)35-17-19-36(20-18-35)49(64)68-14/h17-20,28-34,38-47,50,60-62,65-66H,16,21-27H2,1-15H3/t29-,30-,31+,32-,33-,34+,38+,39-,40-,41-,42?,43-,44-,45-,46+,47-,50+,51-,52-,53-/m1/s1. The van der Waals surface area contributed by atoms with Crippen LogP contribution in [-0.4, -0.2) is 201 Å². The van der Waals surface area contributed by atoms with Gasteiger partial charge in [-0.25, -0.2) is 13.9 Å². The van der Waals surface area contributed by atoms with E-state index in [9.17, 15) is 39.5 Å². The zero-order chi connectivity index (χ0) is 54.5. The van der Waals surface area contributed by atoms with E-state index in [-0.39, 0.29) is 25.2 Å². The molecule has 3 aliphatic heterocycles. The van der Waals surface area contributed by atoms with E-state index in [1.807, 2.05) is 44.7 Å². The fourth-order valence-electron chi connectivity index (χ4n) is 12.0. The van der Waals surface area contributed by atoms with Crippen LogP contribution < -0.4 is 0 Å². The second kappa shape index (κ2) is 25.3. The third-order valence-corrected chi connectivity index (χ3v) is 16.5. The molecule has 1 aromatic heterocycles. The fourth-order valence-corrected chi connectivity index (χ4v) is 12.0. The third-order valence-electron chi connectivity index (χ3n) is 16.5. The zero-order valence-corrected chi connectivity index (χ0v) is 45.9.